The number of nitrogens with one attached hydrogen (secondary N) is 1. The van der Waals surface area contributed by atoms with Crippen LogP contribution in [0, 0.1) is 6.92 Å². The van der Waals surface area contributed by atoms with Crippen LogP contribution < -0.4 is 15.0 Å². The molecule has 1 heterocycles. The molecule has 0 aliphatic carbocycles. The molecule has 0 aromatic heterocycles. The minimum absolute atomic E-state index is 0.182. The number of benzene rings is 3. The zero-order valence-electron chi connectivity index (χ0n) is 16.0. The minimum Gasteiger partial charge on any atom is -0.488 e. The molecule has 1 aliphatic heterocycles. The van der Waals surface area contributed by atoms with Crippen LogP contribution in [-0.4, -0.2) is 11.0 Å². The number of anilines is 1. The van der Waals surface area contributed by atoms with Gasteiger partial charge in [0.25, 0.3) is 5.91 Å². The molecule has 5 heteroatoms. The highest BCUT2D eigenvalue weighted by Crippen LogP contribution is 2.26. The molecule has 3 aromatic carbocycles. The summed E-state index contributed by atoms with van der Waals surface area (Å²) in [6, 6.07) is 25.3. The molecule has 0 bridgehead atoms. The van der Waals surface area contributed by atoms with E-state index in [1.165, 1.54) is 4.90 Å². The molecular weight excluding hydrogens is 380 g/mol. The minimum atomic E-state index is -0.182. The Labute approximate surface area is 175 Å². The molecule has 0 saturated carbocycles. The first-order valence-corrected chi connectivity index (χ1v) is 9.72. The van der Waals surface area contributed by atoms with Crippen molar-refractivity contribution in [3.63, 3.8) is 0 Å². The van der Waals surface area contributed by atoms with Gasteiger partial charge < -0.3 is 10.1 Å². The van der Waals surface area contributed by atoms with Crippen molar-refractivity contribution in [1.82, 2.24) is 5.32 Å². The van der Waals surface area contributed by atoms with Gasteiger partial charge in [-0.05, 0) is 54.5 Å². The number of para-hydroxylation sites is 1. The van der Waals surface area contributed by atoms with E-state index >= 15 is 0 Å². The number of thiocarbonyl (C=S) groups is 1. The summed E-state index contributed by atoms with van der Waals surface area (Å²) < 4.78 is 5.99. The fourth-order valence-corrected chi connectivity index (χ4v) is 3.46. The van der Waals surface area contributed by atoms with E-state index in [0.29, 0.717) is 23.2 Å². The quantitative estimate of drug-likeness (QED) is 0.492. The summed E-state index contributed by atoms with van der Waals surface area (Å²) in [6.45, 7) is 2.44. The molecule has 0 unspecified atom stereocenters. The van der Waals surface area contributed by atoms with E-state index in [9.17, 15) is 4.79 Å². The van der Waals surface area contributed by atoms with Gasteiger partial charge in [0, 0.05) is 5.56 Å². The molecular formula is C24H20N2O2S. The van der Waals surface area contributed by atoms with Gasteiger partial charge in [0.1, 0.15) is 18.1 Å². The van der Waals surface area contributed by atoms with Crippen LogP contribution in [0.25, 0.3) is 6.08 Å². The van der Waals surface area contributed by atoms with Crippen molar-refractivity contribution < 1.29 is 9.53 Å². The van der Waals surface area contributed by atoms with Gasteiger partial charge in [0.2, 0.25) is 0 Å². The molecule has 4 nitrogen and oxygen atoms in total. The highest BCUT2D eigenvalue weighted by molar-refractivity contribution is 7.80. The summed E-state index contributed by atoms with van der Waals surface area (Å²) in [5, 5.41) is 3.40. The maximum absolute atomic E-state index is 13.0. The predicted molar refractivity (Wildman–Crippen MR) is 120 cm³/mol. The standard InChI is InChI=1S/C24H20N2O2S/c1-17-8-7-12-20(14-17)26-23(27)21(25-24(26)29)15-19-11-5-6-13-22(19)28-16-18-9-3-2-4-10-18/h2-15H,16H2,1H3,(H,25,29)/b21-15+. The Hall–Kier alpha value is -3.44. The van der Waals surface area contributed by atoms with Gasteiger partial charge in [-0.15, -0.1) is 0 Å². The molecule has 0 spiro atoms. The Kier molecular flexibility index (Phi) is 5.40. The number of hydrogen-bond donors (Lipinski definition) is 1. The number of rotatable bonds is 5. The number of carbonyl (C=O) groups excluding carboxylic acids is 1. The van der Waals surface area contributed by atoms with Gasteiger partial charge in [0.15, 0.2) is 5.11 Å². The van der Waals surface area contributed by atoms with Crippen molar-refractivity contribution >= 4 is 35.0 Å². The molecule has 1 amide bonds. The van der Waals surface area contributed by atoms with Crippen LogP contribution in [0.5, 0.6) is 5.75 Å². The zero-order chi connectivity index (χ0) is 20.2. The van der Waals surface area contributed by atoms with Crippen LogP contribution in [0.15, 0.2) is 84.6 Å². The lowest BCUT2D eigenvalue weighted by molar-refractivity contribution is -0.113. The molecule has 1 aliphatic rings. The van der Waals surface area contributed by atoms with Gasteiger partial charge in [0.05, 0.1) is 5.69 Å². The van der Waals surface area contributed by atoms with Crippen molar-refractivity contribution in [2.45, 2.75) is 13.5 Å². The molecule has 1 N–H and O–H groups in total. The fourth-order valence-electron chi connectivity index (χ4n) is 3.16. The summed E-state index contributed by atoms with van der Waals surface area (Å²) in [7, 11) is 0. The van der Waals surface area contributed by atoms with E-state index in [-0.39, 0.29) is 5.91 Å². The summed E-state index contributed by atoms with van der Waals surface area (Å²) in [5.41, 5.74) is 4.14. The Morgan fingerprint density at radius 3 is 2.55 bits per heavy atom. The van der Waals surface area contributed by atoms with Gasteiger partial charge in [-0.3, -0.25) is 9.69 Å². The van der Waals surface area contributed by atoms with Gasteiger partial charge in [-0.2, -0.15) is 0 Å². The molecule has 1 fully saturated rings. The maximum Gasteiger partial charge on any atom is 0.281 e. The second-order valence-corrected chi connectivity index (χ2v) is 7.17. The highest BCUT2D eigenvalue weighted by atomic mass is 32.1. The lowest BCUT2D eigenvalue weighted by Crippen LogP contribution is -2.30. The molecule has 4 rings (SSSR count). The van der Waals surface area contributed by atoms with Crippen molar-refractivity contribution in [2.24, 2.45) is 0 Å². The molecule has 0 atom stereocenters. The SMILES string of the molecule is Cc1cccc(N2C(=O)/C(=C\c3ccccc3OCc3ccccc3)NC2=S)c1. The zero-order valence-corrected chi connectivity index (χ0v) is 16.8. The van der Waals surface area contributed by atoms with Gasteiger partial charge >= 0.3 is 0 Å². The average molecular weight is 401 g/mol. The highest BCUT2D eigenvalue weighted by Gasteiger charge is 2.32. The number of nitrogens with zero attached hydrogens (tertiary/aromatic N) is 1. The predicted octanol–water partition coefficient (Wildman–Crippen LogP) is 4.84. The maximum atomic E-state index is 13.0. The lowest BCUT2D eigenvalue weighted by atomic mass is 10.1. The first-order chi connectivity index (χ1) is 14.1. The normalized spacial score (nSPS) is 14.9. The second kappa shape index (κ2) is 8.29. The third kappa shape index (κ3) is 4.20. The van der Waals surface area contributed by atoms with Crippen LogP contribution in [-0.2, 0) is 11.4 Å². The monoisotopic (exact) mass is 400 g/mol. The van der Waals surface area contributed by atoms with Crippen LogP contribution in [0.3, 0.4) is 0 Å². The van der Waals surface area contributed by atoms with Crippen molar-refractivity contribution in [3.05, 3.63) is 101 Å². The number of ether oxygens (including phenoxy) is 1. The summed E-state index contributed by atoms with van der Waals surface area (Å²) >= 11 is 5.41. The van der Waals surface area contributed by atoms with E-state index in [1.54, 1.807) is 6.08 Å². The molecule has 0 radical (unpaired) electrons. The third-order valence-electron chi connectivity index (χ3n) is 4.59. The average Bonchev–Trinajstić information content (AvgIpc) is 3.01. The Bertz CT molecular complexity index is 1090. The number of carbonyl (C=O) groups is 1. The van der Waals surface area contributed by atoms with Crippen LogP contribution >= 0.6 is 12.2 Å². The van der Waals surface area contributed by atoms with Crippen molar-refractivity contribution in [3.8, 4) is 5.75 Å². The number of amides is 1. The van der Waals surface area contributed by atoms with Gasteiger partial charge in [-0.1, -0.05) is 60.7 Å². The van der Waals surface area contributed by atoms with Crippen LogP contribution in [0.4, 0.5) is 5.69 Å². The molecule has 29 heavy (non-hydrogen) atoms. The lowest BCUT2D eigenvalue weighted by Gasteiger charge is -2.14. The van der Waals surface area contributed by atoms with E-state index in [0.717, 1.165) is 22.4 Å². The Balaban J connectivity index is 1.58. The Morgan fingerprint density at radius 2 is 1.76 bits per heavy atom. The largest absolute Gasteiger partial charge is 0.488 e. The fraction of sp³-hybridized carbons (Fsp3) is 0.0833. The smallest absolute Gasteiger partial charge is 0.281 e. The topological polar surface area (TPSA) is 41.6 Å². The second-order valence-electron chi connectivity index (χ2n) is 6.78. The van der Waals surface area contributed by atoms with E-state index in [4.69, 9.17) is 17.0 Å². The van der Waals surface area contributed by atoms with Crippen molar-refractivity contribution in [2.75, 3.05) is 4.90 Å². The first-order valence-electron chi connectivity index (χ1n) is 9.31. The Morgan fingerprint density at radius 1 is 1.00 bits per heavy atom. The summed E-state index contributed by atoms with van der Waals surface area (Å²) in [6.07, 6.45) is 1.78. The van der Waals surface area contributed by atoms with E-state index in [2.05, 4.69) is 5.32 Å². The van der Waals surface area contributed by atoms with Gasteiger partial charge in [-0.25, -0.2) is 0 Å². The number of hydrogen-bond acceptors (Lipinski definition) is 3. The van der Waals surface area contributed by atoms with E-state index < -0.39 is 0 Å². The van der Waals surface area contributed by atoms with Crippen LogP contribution in [0.2, 0.25) is 0 Å². The van der Waals surface area contributed by atoms with E-state index in [1.807, 2.05) is 85.8 Å². The molecule has 144 valence electrons. The molecule has 1 saturated heterocycles. The number of aryl methyl sites for hydroxylation is 1. The summed E-state index contributed by atoms with van der Waals surface area (Å²) in [5.74, 6) is 0.525. The summed E-state index contributed by atoms with van der Waals surface area (Å²) in [4.78, 5) is 14.5. The van der Waals surface area contributed by atoms with Crippen LogP contribution in [0.1, 0.15) is 16.7 Å². The van der Waals surface area contributed by atoms with Crippen molar-refractivity contribution in [1.29, 1.82) is 0 Å². The first kappa shape index (κ1) is 18.9. The third-order valence-corrected chi connectivity index (χ3v) is 4.88. The molecule has 3 aromatic rings.